The Morgan fingerprint density at radius 3 is 2.58 bits per heavy atom. The molecule has 3 rings (SSSR count). The molecule has 0 aliphatic carbocycles. The van der Waals surface area contributed by atoms with Crippen molar-refractivity contribution in [3.8, 4) is 5.69 Å². The molecule has 0 aliphatic heterocycles. The average Bonchev–Trinajstić information content (AvgIpc) is 3.07. The molecule has 1 aromatic heterocycles. The highest BCUT2D eigenvalue weighted by Gasteiger charge is 2.21. The normalized spacial score (nSPS) is 10.5. The van der Waals surface area contributed by atoms with Crippen LogP contribution >= 0.6 is 0 Å². The summed E-state index contributed by atoms with van der Waals surface area (Å²) in [6, 6.07) is 16.1. The minimum atomic E-state index is -0.417. The van der Waals surface area contributed by atoms with Gasteiger partial charge in [-0.3, -0.25) is 9.59 Å². The van der Waals surface area contributed by atoms with Gasteiger partial charge in [-0.1, -0.05) is 35.5 Å². The second-order valence-electron chi connectivity index (χ2n) is 5.66. The first-order valence-electron chi connectivity index (χ1n) is 8.01. The van der Waals surface area contributed by atoms with Gasteiger partial charge in [-0.25, -0.2) is 4.68 Å². The van der Waals surface area contributed by atoms with Crippen LogP contribution in [0.15, 0.2) is 54.6 Å². The summed E-state index contributed by atoms with van der Waals surface area (Å²) >= 11 is 0. The molecule has 0 fully saturated rings. The standard InChI is InChI=1S/C19H18N4O3/c1-13(24)14-7-6-8-15(11-14)20-19(25)18-17(12-26-2)23(22-21-18)16-9-4-3-5-10-16/h3-11H,12H2,1-2H3,(H,20,25). The summed E-state index contributed by atoms with van der Waals surface area (Å²) in [5.74, 6) is -0.490. The molecular formula is C19H18N4O3. The summed E-state index contributed by atoms with van der Waals surface area (Å²) in [5, 5.41) is 10.9. The fourth-order valence-corrected chi connectivity index (χ4v) is 2.53. The van der Waals surface area contributed by atoms with E-state index in [4.69, 9.17) is 4.74 Å². The summed E-state index contributed by atoms with van der Waals surface area (Å²) in [6.45, 7) is 1.65. The van der Waals surface area contributed by atoms with Gasteiger partial charge < -0.3 is 10.1 Å². The number of para-hydroxylation sites is 1. The van der Waals surface area contributed by atoms with E-state index in [9.17, 15) is 9.59 Å². The number of rotatable bonds is 6. The quantitative estimate of drug-likeness (QED) is 0.691. The predicted octanol–water partition coefficient (Wildman–Crippen LogP) is 2.87. The monoisotopic (exact) mass is 350 g/mol. The predicted molar refractivity (Wildman–Crippen MR) is 96.5 cm³/mol. The van der Waals surface area contributed by atoms with E-state index < -0.39 is 5.91 Å². The maximum Gasteiger partial charge on any atom is 0.278 e. The van der Waals surface area contributed by atoms with Crippen molar-refractivity contribution in [3.63, 3.8) is 0 Å². The molecule has 1 amide bonds. The van der Waals surface area contributed by atoms with Gasteiger partial charge in [0.2, 0.25) is 0 Å². The molecule has 26 heavy (non-hydrogen) atoms. The fraction of sp³-hybridized carbons (Fsp3) is 0.158. The van der Waals surface area contributed by atoms with Crippen molar-refractivity contribution in [2.24, 2.45) is 0 Å². The summed E-state index contributed by atoms with van der Waals surface area (Å²) < 4.78 is 6.79. The maximum absolute atomic E-state index is 12.7. The minimum absolute atomic E-state index is 0.0730. The molecule has 0 aliphatic rings. The van der Waals surface area contributed by atoms with E-state index in [0.717, 1.165) is 5.69 Å². The van der Waals surface area contributed by atoms with Gasteiger partial charge in [-0.15, -0.1) is 5.10 Å². The number of ether oxygens (including phenoxy) is 1. The number of amides is 1. The van der Waals surface area contributed by atoms with Crippen LogP contribution in [-0.2, 0) is 11.3 Å². The minimum Gasteiger partial charge on any atom is -0.378 e. The van der Waals surface area contributed by atoms with Crippen LogP contribution in [0.1, 0.15) is 33.5 Å². The van der Waals surface area contributed by atoms with Crippen LogP contribution in [0.2, 0.25) is 0 Å². The Bertz CT molecular complexity index is 935. The topological polar surface area (TPSA) is 86.1 Å². The highest BCUT2D eigenvalue weighted by molar-refractivity contribution is 6.04. The number of hydrogen-bond acceptors (Lipinski definition) is 5. The first-order valence-corrected chi connectivity index (χ1v) is 8.01. The number of carbonyl (C=O) groups excluding carboxylic acids is 2. The van der Waals surface area contributed by atoms with Crippen molar-refractivity contribution >= 4 is 17.4 Å². The van der Waals surface area contributed by atoms with E-state index in [-0.39, 0.29) is 18.1 Å². The summed E-state index contributed by atoms with van der Waals surface area (Å²) in [4.78, 5) is 24.2. The molecule has 7 nitrogen and oxygen atoms in total. The van der Waals surface area contributed by atoms with Crippen LogP contribution in [0, 0.1) is 0 Å². The molecule has 1 N–H and O–H groups in total. The van der Waals surface area contributed by atoms with Crippen molar-refractivity contribution in [2.45, 2.75) is 13.5 Å². The Balaban J connectivity index is 1.91. The first-order chi connectivity index (χ1) is 12.6. The lowest BCUT2D eigenvalue weighted by atomic mass is 10.1. The van der Waals surface area contributed by atoms with Gasteiger partial charge in [-0.2, -0.15) is 0 Å². The van der Waals surface area contributed by atoms with E-state index in [0.29, 0.717) is 16.9 Å². The van der Waals surface area contributed by atoms with E-state index in [2.05, 4.69) is 15.6 Å². The molecule has 7 heteroatoms. The number of benzene rings is 2. The average molecular weight is 350 g/mol. The fourth-order valence-electron chi connectivity index (χ4n) is 2.53. The van der Waals surface area contributed by atoms with Crippen molar-refractivity contribution in [3.05, 3.63) is 71.5 Å². The van der Waals surface area contributed by atoms with Crippen LogP contribution in [0.5, 0.6) is 0 Å². The van der Waals surface area contributed by atoms with Crippen LogP contribution < -0.4 is 5.32 Å². The van der Waals surface area contributed by atoms with Gasteiger partial charge in [0.1, 0.15) is 5.69 Å². The Morgan fingerprint density at radius 1 is 1.12 bits per heavy atom. The second kappa shape index (κ2) is 7.71. The van der Waals surface area contributed by atoms with Crippen LogP contribution in [0.4, 0.5) is 5.69 Å². The number of nitrogens with one attached hydrogen (secondary N) is 1. The van der Waals surface area contributed by atoms with Gasteiger partial charge in [0, 0.05) is 18.4 Å². The molecule has 0 radical (unpaired) electrons. The van der Waals surface area contributed by atoms with Crippen molar-refractivity contribution in [1.82, 2.24) is 15.0 Å². The van der Waals surface area contributed by atoms with Gasteiger partial charge in [0.15, 0.2) is 11.5 Å². The smallest absolute Gasteiger partial charge is 0.278 e. The van der Waals surface area contributed by atoms with Crippen molar-refractivity contribution in [2.75, 3.05) is 12.4 Å². The van der Waals surface area contributed by atoms with E-state index >= 15 is 0 Å². The Morgan fingerprint density at radius 2 is 1.88 bits per heavy atom. The van der Waals surface area contributed by atoms with E-state index in [1.807, 2.05) is 30.3 Å². The number of anilines is 1. The summed E-state index contributed by atoms with van der Waals surface area (Å²) in [7, 11) is 1.54. The zero-order valence-electron chi connectivity index (χ0n) is 14.5. The Hall–Kier alpha value is -3.32. The molecule has 0 bridgehead atoms. The van der Waals surface area contributed by atoms with Crippen molar-refractivity contribution < 1.29 is 14.3 Å². The number of methoxy groups -OCH3 is 1. The highest BCUT2D eigenvalue weighted by Crippen LogP contribution is 2.17. The number of aromatic nitrogens is 3. The number of Topliss-reactive ketones (excluding diaryl/α,β-unsaturated/α-hetero) is 1. The molecule has 132 valence electrons. The zero-order valence-corrected chi connectivity index (χ0v) is 14.5. The van der Waals surface area contributed by atoms with Crippen LogP contribution in [0.3, 0.4) is 0 Å². The Labute approximate surface area is 150 Å². The van der Waals surface area contributed by atoms with Crippen LogP contribution in [0.25, 0.3) is 5.69 Å². The van der Waals surface area contributed by atoms with Gasteiger partial charge in [0.05, 0.1) is 12.3 Å². The zero-order chi connectivity index (χ0) is 18.5. The lowest BCUT2D eigenvalue weighted by molar-refractivity contribution is 0.100. The van der Waals surface area contributed by atoms with E-state index in [1.54, 1.807) is 36.1 Å². The molecule has 1 heterocycles. The molecule has 3 aromatic rings. The number of ketones is 1. The van der Waals surface area contributed by atoms with Gasteiger partial charge in [-0.05, 0) is 31.2 Å². The van der Waals surface area contributed by atoms with Crippen LogP contribution in [-0.4, -0.2) is 33.8 Å². The molecule has 0 unspecified atom stereocenters. The maximum atomic E-state index is 12.7. The molecular weight excluding hydrogens is 332 g/mol. The highest BCUT2D eigenvalue weighted by atomic mass is 16.5. The largest absolute Gasteiger partial charge is 0.378 e. The number of nitrogens with zero attached hydrogens (tertiary/aromatic N) is 3. The molecule has 2 aromatic carbocycles. The van der Waals surface area contributed by atoms with Gasteiger partial charge in [0.25, 0.3) is 5.91 Å². The lowest BCUT2D eigenvalue weighted by Crippen LogP contribution is -2.16. The van der Waals surface area contributed by atoms with Crippen molar-refractivity contribution in [1.29, 1.82) is 0 Å². The number of hydrogen-bond donors (Lipinski definition) is 1. The molecule has 0 saturated carbocycles. The third kappa shape index (κ3) is 3.68. The SMILES string of the molecule is COCc1c(C(=O)Nc2cccc(C(C)=O)c2)nnn1-c1ccccc1. The number of carbonyl (C=O) groups is 2. The third-order valence-corrected chi connectivity index (χ3v) is 3.79. The third-order valence-electron chi connectivity index (χ3n) is 3.79. The molecule has 0 atom stereocenters. The summed E-state index contributed by atoms with van der Waals surface area (Å²) in [6.07, 6.45) is 0. The lowest BCUT2D eigenvalue weighted by Gasteiger charge is -2.08. The molecule has 0 spiro atoms. The van der Waals surface area contributed by atoms with Gasteiger partial charge >= 0.3 is 0 Å². The second-order valence-corrected chi connectivity index (χ2v) is 5.66. The first kappa shape index (κ1) is 17.5. The van der Waals surface area contributed by atoms with E-state index in [1.165, 1.54) is 6.92 Å². The molecule has 0 saturated heterocycles. The summed E-state index contributed by atoms with van der Waals surface area (Å²) in [5.41, 5.74) is 2.53. The Kier molecular flexibility index (Phi) is 5.19.